The number of piperidine rings is 1. The molecule has 9 nitrogen and oxygen atoms in total. The average Bonchev–Trinajstić information content (AvgIpc) is 2.88. The van der Waals surface area contributed by atoms with Gasteiger partial charge in [-0.3, -0.25) is 23.5 Å². The van der Waals surface area contributed by atoms with Gasteiger partial charge in [0.05, 0.1) is 5.39 Å². The van der Waals surface area contributed by atoms with Crippen LogP contribution in [0.3, 0.4) is 0 Å². The van der Waals surface area contributed by atoms with Gasteiger partial charge in [-0.05, 0) is 43.5 Å². The first-order chi connectivity index (χ1) is 16.3. The summed E-state index contributed by atoms with van der Waals surface area (Å²) in [7, 11) is 2.95. The summed E-state index contributed by atoms with van der Waals surface area (Å²) in [5.41, 5.74) is 0.131. The number of benzene rings is 1. The van der Waals surface area contributed by atoms with Gasteiger partial charge in [-0.2, -0.15) is 0 Å². The summed E-state index contributed by atoms with van der Waals surface area (Å²) in [4.78, 5) is 59.1. The van der Waals surface area contributed by atoms with Crippen molar-refractivity contribution in [3.8, 4) is 0 Å². The van der Waals surface area contributed by atoms with Crippen molar-refractivity contribution in [2.75, 3.05) is 19.6 Å². The van der Waals surface area contributed by atoms with Gasteiger partial charge in [-0.25, -0.2) is 9.78 Å². The number of amides is 2. The maximum absolute atomic E-state index is 13.5. The standard InChI is InChI=1S/C25H29N5O4/c1-4-14-30(18-12-15-29(16-13-18)22(31)17-8-6-5-7-9-17)24(33)20-11-10-19-21(26-20)27(2)25(34)28(3)23(19)32/h5-11,18H,4,12-16H2,1-3H3. The van der Waals surface area contributed by atoms with Crippen LogP contribution >= 0.6 is 0 Å². The number of nitrogens with zero attached hydrogens (tertiary/aromatic N) is 5. The molecule has 0 unspecified atom stereocenters. The summed E-state index contributed by atoms with van der Waals surface area (Å²) < 4.78 is 2.31. The van der Waals surface area contributed by atoms with E-state index in [1.54, 1.807) is 12.1 Å². The van der Waals surface area contributed by atoms with E-state index in [1.165, 1.54) is 18.7 Å². The SMILES string of the molecule is CCCN(C(=O)c1ccc2c(=O)n(C)c(=O)n(C)c2n1)C1CCN(C(=O)c2ccccc2)CC1. The molecule has 3 heterocycles. The van der Waals surface area contributed by atoms with Crippen molar-refractivity contribution in [1.82, 2.24) is 23.9 Å². The highest BCUT2D eigenvalue weighted by Gasteiger charge is 2.31. The Labute approximate surface area is 197 Å². The number of carbonyl (C=O) groups is 2. The normalized spacial score (nSPS) is 14.4. The number of pyridine rings is 1. The van der Waals surface area contributed by atoms with Crippen molar-refractivity contribution >= 4 is 22.8 Å². The van der Waals surface area contributed by atoms with Crippen LogP contribution in [0, 0.1) is 0 Å². The van der Waals surface area contributed by atoms with Gasteiger partial charge in [-0.1, -0.05) is 25.1 Å². The smallest absolute Gasteiger partial charge is 0.332 e. The van der Waals surface area contributed by atoms with E-state index in [0.29, 0.717) is 38.0 Å². The zero-order valence-corrected chi connectivity index (χ0v) is 19.7. The third-order valence-corrected chi connectivity index (χ3v) is 6.46. The number of aryl methyl sites for hydroxylation is 1. The Morgan fingerprint density at radius 2 is 1.68 bits per heavy atom. The van der Waals surface area contributed by atoms with Crippen LogP contribution < -0.4 is 11.2 Å². The Morgan fingerprint density at radius 1 is 1.00 bits per heavy atom. The number of hydrogen-bond acceptors (Lipinski definition) is 5. The molecule has 2 aromatic heterocycles. The van der Waals surface area contributed by atoms with E-state index in [4.69, 9.17) is 0 Å². The third kappa shape index (κ3) is 4.25. The molecule has 178 valence electrons. The molecule has 1 aromatic carbocycles. The summed E-state index contributed by atoms with van der Waals surface area (Å²) in [6, 6.07) is 12.3. The molecule has 0 aliphatic carbocycles. The van der Waals surface area contributed by atoms with Crippen LogP contribution in [0.25, 0.3) is 11.0 Å². The van der Waals surface area contributed by atoms with Crippen LogP contribution in [0.2, 0.25) is 0 Å². The van der Waals surface area contributed by atoms with E-state index in [-0.39, 0.29) is 34.6 Å². The van der Waals surface area contributed by atoms with E-state index < -0.39 is 11.2 Å². The highest BCUT2D eigenvalue weighted by Crippen LogP contribution is 2.21. The van der Waals surface area contributed by atoms with Crippen molar-refractivity contribution in [2.45, 2.75) is 32.2 Å². The Morgan fingerprint density at radius 3 is 2.32 bits per heavy atom. The number of hydrogen-bond donors (Lipinski definition) is 0. The molecule has 0 atom stereocenters. The molecule has 0 bridgehead atoms. The van der Waals surface area contributed by atoms with Crippen molar-refractivity contribution in [2.24, 2.45) is 14.1 Å². The van der Waals surface area contributed by atoms with Gasteiger partial charge >= 0.3 is 5.69 Å². The molecule has 3 aromatic rings. The predicted molar refractivity (Wildman–Crippen MR) is 129 cm³/mol. The van der Waals surface area contributed by atoms with E-state index in [0.717, 1.165) is 11.0 Å². The Hall–Kier alpha value is -3.75. The van der Waals surface area contributed by atoms with Crippen LogP contribution in [0.4, 0.5) is 0 Å². The molecule has 34 heavy (non-hydrogen) atoms. The summed E-state index contributed by atoms with van der Waals surface area (Å²) in [5, 5.41) is 0.288. The van der Waals surface area contributed by atoms with Crippen LogP contribution in [-0.4, -0.2) is 61.4 Å². The van der Waals surface area contributed by atoms with E-state index in [2.05, 4.69) is 4.98 Å². The maximum atomic E-state index is 13.5. The monoisotopic (exact) mass is 463 g/mol. The van der Waals surface area contributed by atoms with Gasteiger partial charge in [0, 0.05) is 45.3 Å². The fourth-order valence-corrected chi connectivity index (χ4v) is 4.56. The average molecular weight is 464 g/mol. The van der Waals surface area contributed by atoms with Gasteiger partial charge in [0.2, 0.25) is 0 Å². The van der Waals surface area contributed by atoms with Crippen LogP contribution in [-0.2, 0) is 14.1 Å². The van der Waals surface area contributed by atoms with Gasteiger partial charge in [0.15, 0.2) is 0 Å². The zero-order valence-electron chi connectivity index (χ0n) is 19.7. The molecule has 1 aliphatic heterocycles. The topological polar surface area (TPSA) is 97.5 Å². The summed E-state index contributed by atoms with van der Waals surface area (Å²) in [5.74, 6) is -0.226. The predicted octanol–water partition coefficient (Wildman–Crippen LogP) is 1.79. The lowest BCUT2D eigenvalue weighted by molar-refractivity contribution is 0.0515. The minimum absolute atomic E-state index is 0.00566. The number of aromatic nitrogens is 3. The highest BCUT2D eigenvalue weighted by molar-refractivity contribution is 5.95. The second-order valence-corrected chi connectivity index (χ2v) is 8.66. The molecule has 1 aliphatic rings. The van der Waals surface area contributed by atoms with E-state index in [1.807, 2.05) is 47.1 Å². The van der Waals surface area contributed by atoms with Crippen molar-refractivity contribution in [3.63, 3.8) is 0 Å². The molecule has 0 spiro atoms. The lowest BCUT2D eigenvalue weighted by Crippen LogP contribution is -2.49. The highest BCUT2D eigenvalue weighted by atomic mass is 16.2. The molecule has 0 N–H and O–H groups in total. The van der Waals surface area contributed by atoms with E-state index >= 15 is 0 Å². The van der Waals surface area contributed by atoms with Crippen LogP contribution in [0.15, 0.2) is 52.1 Å². The fourth-order valence-electron chi connectivity index (χ4n) is 4.56. The molecule has 1 fully saturated rings. The second-order valence-electron chi connectivity index (χ2n) is 8.66. The second kappa shape index (κ2) is 9.62. The molecule has 2 amide bonds. The first-order valence-electron chi connectivity index (χ1n) is 11.6. The molecular weight excluding hydrogens is 434 g/mol. The third-order valence-electron chi connectivity index (χ3n) is 6.46. The van der Waals surface area contributed by atoms with Crippen molar-refractivity contribution in [3.05, 3.63) is 74.6 Å². The molecule has 0 radical (unpaired) electrons. The minimum Gasteiger partial charge on any atom is -0.338 e. The number of fused-ring (bicyclic) bond motifs is 1. The molecule has 0 saturated carbocycles. The number of carbonyl (C=O) groups excluding carboxylic acids is 2. The lowest BCUT2D eigenvalue weighted by Gasteiger charge is -2.38. The summed E-state index contributed by atoms with van der Waals surface area (Å²) in [6.45, 7) is 3.71. The van der Waals surface area contributed by atoms with Crippen molar-refractivity contribution in [1.29, 1.82) is 0 Å². The van der Waals surface area contributed by atoms with Crippen LogP contribution in [0.1, 0.15) is 47.0 Å². The largest absolute Gasteiger partial charge is 0.338 e. The zero-order chi connectivity index (χ0) is 24.4. The Kier molecular flexibility index (Phi) is 6.63. The molecular formula is C25H29N5O4. The number of likely N-dealkylation sites (tertiary alicyclic amines) is 1. The first kappa shape index (κ1) is 23.4. The maximum Gasteiger partial charge on any atom is 0.332 e. The number of rotatable bonds is 5. The molecule has 4 rings (SSSR count). The quantitative estimate of drug-likeness (QED) is 0.575. The fraction of sp³-hybridized carbons (Fsp3) is 0.400. The Bertz CT molecular complexity index is 1340. The van der Waals surface area contributed by atoms with Crippen LogP contribution in [0.5, 0.6) is 0 Å². The van der Waals surface area contributed by atoms with Gasteiger partial charge in [0.25, 0.3) is 17.4 Å². The van der Waals surface area contributed by atoms with Crippen molar-refractivity contribution < 1.29 is 9.59 Å². The van der Waals surface area contributed by atoms with Gasteiger partial charge < -0.3 is 9.80 Å². The minimum atomic E-state index is -0.490. The summed E-state index contributed by atoms with van der Waals surface area (Å²) in [6.07, 6.45) is 2.13. The summed E-state index contributed by atoms with van der Waals surface area (Å²) >= 11 is 0. The molecule has 1 saturated heterocycles. The molecule has 9 heteroatoms. The van der Waals surface area contributed by atoms with Gasteiger partial charge in [0.1, 0.15) is 11.3 Å². The van der Waals surface area contributed by atoms with Gasteiger partial charge in [-0.15, -0.1) is 0 Å². The lowest BCUT2D eigenvalue weighted by atomic mass is 10.0. The van der Waals surface area contributed by atoms with E-state index in [9.17, 15) is 19.2 Å². The Balaban J connectivity index is 1.55. The first-order valence-corrected chi connectivity index (χ1v) is 11.6.